The number of furan rings is 1. The predicted molar refractivity (Wildman–Crippen MR) is 83.9 cm³/mol. The molecule has 0 saturated carbocycles. The van der Waals surface area contributed by atoms with Gasteiger partial charge >= 0.3 is 6.01 Å². The van der Waals surface area contributed by atoms with Gasteiger partial charge in [0.15, 0.2) is 5.76 Å². The minimum absolute atomic E-state index is 0. The highest BCUT2D eigenvalue weighted by Gasteiger charge is 2.16. The maximum atomic E-state index is 7.44. The van der Waals surface area contributed by atoms with E-state index in [0.29, 0.717) is 28.3 Å². The van der Waals surface area contributed by atoms with Crippen LogP contribution in [-0.2, 0) is 0 Å². The molecule has 0 atom stereocenters. The molecule has 3 rings (SSSR count). The average molecular weight is 297 g/mol. The quantitative estimate of drug-likeness (QED) is 0.716. The maximum Gasteiger partial charge on any atom is 0.316 e. The SMILES string of the molecule is COc1nccc(-c2cc(C=N)c(N)nc2-c2ccco2)n1.[HH]. The van der Waals surface area contributed by atoms with E-state index in [-0.39, 0.29) is 13.3 Å². The van der Waals surface area contributed by atoms with Gasteiger partial charge in [-0.15, -0.1) is 0 Å². The number of ether oxygens (including phenoxy) is 1. The third kappa shape index (κ3) is 2.39. The van der Waals surface area contributed by atoms with Crippen LogP contribution in [0.5, 0.6) is 6.01 Å². The van der Waals surface area contributed by atoms with Gasteiger partial charge in [-0.1, -0.05) is 0 Å². The van der Waals surface area contributed by atoms with Gasteiger partial charge in [0.1, 0.15) is 11.5 Å². The molecule has 0 saturated heterocycles. The van der Waals surface area contributed by atoms with Crippen LogP contribution in [0.1, 0.15) is 6.99 Å². The van der Waals surface area contributed by atoms with Crippen LogP contribution >= 0.6 is 0 Å². The Balaban J connectivity index is 0.00000192. The second kappa shape index (κ2) is 5.65. The van der Waals surface area contributed by atoms with E-state index in [4.69, 9.17) is 20.3 Å². The third-order valence-corrected chi connectivity index (χ3v) is 3.09. The molecule has 0 bridgehead atoms. The third-order valence-electron chi connectivity index (χ3n) is 3.09. The van der Waals surface area contributed by atoms with Gasteiger partial charge in [0, 0.05) is 25.0 Å². The van der Waals surface area contributed by atoms with Crippen molar-refractivity contribution < 1.29 is 10.6 Å². The van der Waals surface area contributed by atoms with Gasteiger partial charge in [0.25, 0.3) is 0 Å². The van der Waals surface area contributed by atoms with Crippen molar-refractivity contribution in [3.8, 4) is 28.7 Å². The summed E-state index contributed by atoms with van der Waals surface area (Å²) in [5.41, 5.74) is 8.22. The molecule has 22 heavy (non-hydrogen) atoms. The van der Waals surface area contributed by atoms with E-state index in [1.54, 1.807) is 36.7 Å². The number of anilines is 1. The van der Waals surface area contributed by atoms with Crippen molar-refractivity contribution >= 4 is 12.0 Å². The van der Waals surface area contributed by atoms with Crippen LogP contribution in [0.3, 0.4) is 0 Å². The van der Waals surface area contributed by atoms with E-state index in [1.165, 1.54) is 7.11 Å². The molecule has 0 aliphatic rings. The number of nitrogen functional groups attached to an aromatic ring is 1. The Morgan fingerprint density at radius 1 is 1.36 bits per heavy atom. The largest absolute Gasteiger partial charge is 0.467 e. The van der Waals surface area contributed by atoms with Crippen LogP contribution in [0.4, 0.5) is 5.82 Å². The molecule has 0 amide bonds. The summed E-state index contributed by atoms with van der Waals surface area (Å²) in [5.74, 6) is 0.821. The fraction of sp³-hybridized carbons (Fsp3) is 0.0667. The molecule has 0 aromatic carbocycles. The van der Waals surface area contributed by atoms with Gasteiger partial charge in [0.2, 0.25) is 0 Å². The molecular formula is C15H15N5O2. The van der Waals surface area contributed by atoms with Crippen LogP contribution < -0.4 is 10.5 Å². The summed E-state index contributed by atoms with van der Waals surface area (Å²) in [5, 5.41) is 7.44. The highest BCUT2D eigenvalue weighted by atomic mass is 16.5. The van der Waals surface area contributed by atoms with Gasteiger partial charge in [-0.25, -0.2) is 9.97 Å². The van der Waals surface area contributed by atoms with Crippen LogP contribution in [-0.4, -0.2) is 28.3 Å². The van der Waals surface area contributed by atoms with Gasteiger partial charge in [-0.2, -0.15) is 4.98 Å². The van der Waals surface area contributed by atoms with Crippen LogP contribution in [0.15, 0.2) is 41.1 Å². The Morgan fingerprint density at radius 3 is 2.91 bits per heavy atom. The lowest BCUT2D eigenvalue weighted by Gasteiger charge is -2.10. The predicted octanol–water partition coefficient (Wildman–Crippen LogP) is 2.63. The Hall–Kier alpha value is -3.22. The first-order valence-corrected chi connectivity index (χ1v) is 6.45. The molecular weight excluding hydrogens is 282 g/mol. The second-order valence-corrected chi connectivity index (χ2v) is 4.41. The molecule has 3 N–H and O–H groups in total. The molecule has 7 nitrogen and oxygen atoms in total. The van der Waals surface area contributed by atoms with Crippen molar-refractivity contribution in [2.75, 3.05) is 12.8 Å². The molecule has 0 spiro atoms. The van der Waals surface area contributed by atoms with Gasteiger partial charge in [-0.3, -0.25) is 0 Å². The zero-order valence-corrected chi connectivity index (χ0v) is 11.8. The lowest BCUT2D eigenvalue weighted by atomic mass is 10.1. The van der Waals surface area contributed by atoms with E-state index >= 15 is 0 Å². The van der Waals surface area contributed by atoms with Crippen molar-refractivity contribution in [1.82, 2.24) is 15.0 Å². The first-order chi connectivity index (χ1) is 10.7. The van der Waals surface area contributed by atoms with Gasteiger partial charge in [-0.05, 0) is 24.3 Å². The first kappa shape index (κ1) is 13.7. The van der Waals surface area contributed by atoms with Gasteiger partial charge in [0.05, 0.1) is 19.1 Å². The van der Waals surface area contributed by atoms with E-state index in [1.807, 2.05) is 0 Å². The van der Waals surface area contributed by atoms with Crippen LogP contribution in [0, 0.1) is 5.41 Å². The lowest BCUT2D eigenvalue weighted by molar-refractivity contribution is 0.380. The number of methoxy groups -OCH3 is 1. The molecule has 112 valence electrons. The van der Waals surface area contributed by atoms with Crippen molar-refractivity contribution in [3.05, 3.63) is 42.3 Å². The topological polar surface area (TPSA) is 111 Å². The van der Waals surface area contributed by atoms with E-state index in [2.05, 4.69) is 15.0 Å². The van der Waals surface area contributed by atoms with E-state index in [0.717, 1.165) is 6.21 Å². The smallest absolute Gasteiger partial charge is 0.316 e. The van der Waals surface area contributed by atoms with Gasteiger partial charge < -0.3 is 20.3 Å². The fourth-order valence-electron chi connectivity index (χ4n) is 2.04. The normalized spacial score (nSPS) is 10.4. The average Bonchev–Trinajstić information content (AvgIpc) is 3.09. The summed E-state index contributed by atoms with van der Waals surface area (Å²) < 4.78 is 10.5. The molecule has 0 fully saturated rings. The molecule has 3 heterocycles. The zero-order chi connectivity index (χ0) is 15.5. The summed E-state index contributed by atoms with van der Waals surface area (Å²) in [7, 11) is 1.50. The highest BCUT2D eigenvalue weighted by Crippen LogP contribution is 2.32. The van der Waals surface area contributed by atoms with Crippen LogP contribution in [0.25, 0.3) is 22.7 Å². The first-order valence-electron chi connectivity index (χ1n) is 6.45. The minimum Gasteiger partial charge on any atom is -0.467 e. The molecule has 3 aromatic rings. The molecule has 7 heteroatoms. The zero-order valence-electron chi connectivity index (χ0n) is 11.8. The Labute approximate surface area is 127 Å². The number of nitrogens with two attached hydrogens (primary N) is 1. The Kier molecular flexibility index (Phi) is 3.53. The number of hydrogen-bond donors (Lipinski definition) is 2. The minimum atomic E-state index is 0. The van der Waals surface area contributed by atoms with Crippen molar-refractivity contribution in [3.63, 3.8) is 0 Å². The summed E-state index contributed by atoms with van der Waals surface area (Å²) in [6.45, 7) is 0. The Morgan fingerprint density at radius 2 is 2.23 bits per heavy atom. The van der Waals surface area contributed by atoms with Crippen molar-refractivity contribution in [2.45, 2.75) is 0 Å². The molecule has 0 radical (unpaired) electrons. The number of nitrogens with one attached hydrogen (secondary N) is 1. The Bertz CT molecular complexity index is 821. The number of hydrogen-bond acceptors (Lipinski definition) is 7. The summed E-state index contributed by atoms with van der Waals surface area (Å²) in [4.78, 5) is 12.6. The molecule has 0 unspecified atom stereocenters. The van der Waals surface area contributed by atoms with Crippen LogP contribution in [0.2, 0.25) is 0 Å². The summed E-state index contributed by atoms with van der Waals surface area (Å²) >= 11 is 0. The highest BCUT2D eigenvalue weighted by molar-refractivity contribution is 5.89. The van der Waals surface area contributed by atoms with E-state index in [9.17, 15) is 0 Å². The molecule has 0 aliphatic carbocycles. The summed E-state index contributed by atoms with van der Waals surface area (Å²) in [6, 6.07) is 7.27. The monoisotopic (exact) mass is 297 g/mol. The number of aromatic nitrogens is 3. The molecule has 3 aromatic heterocycles. The number of rotatable bonds is 4. The fourth-order valence-corrected chi connectivity index (χ4v) is 2.04. The van der Waals surface area contributed by atoms with Crippen molar-refractivity contribution in [1.29, 1.82) is 5.41 Å². The number of pyridine rings is 1. The lowest BCUT2D eigenvalue weighted by Crippen LogP contribution is -2.02. The maximum absolute atomic E-state index is 7.44. The van der Waals surface area contributed by atoms with E-state index < -0.39 is 0 Å². The standard InChI is InChI=1S/C15H13N5O2.H2/c1-21-15-18-5-4-11(19-15)10-7-9(8-16)14(17)20-13(10)12-3-2-6-22-12;/h2-8,16H,1H3,(H2,17,20);1H. The number of nitrogens with zero attached hydrogens (tertiary/aromatic N) is 3. The summed E-state index contributed by atoms with van der Waals surface area (Å²) in [6.07, 6.45) is 4.30. The molecule has 0 aliphatic heterocycles. The second-order valence-electron chi connectivity index (χ2n) is 4.41. The van der Waals surface area contributed by atoms with Crippen molar-refractivity contribution in [2.24, 2.45) is 0 Å².